The SMILES string of the molecule is CNc1ccc(Cl)cc1C1(OC=O)CCN(C(=O)CNC(=O)c2ccc(S(N)(=O)=O)cc2)C1.Cc1ccccc1. The summed E-state index contributed by atoms with van der Waals surface area (Å²) in [6.07, 6.45) is 0.357. The van der Waals surface area contributed by atoms with Gasteiger partial charge in [0.25, 0.3) is 12.4 Å². The molecule has 2 amide bonds. The first-order valence-electron chi connectivity index (χ1n) is 12.3. The molecule has 0 bridgehead atoms. The molecule has 1 heterocycles. The van der Waals surface area contributed by atoms with Crippen molar-refractivity contribution in [1.82, 2.24) is 10.2 Å². The number of aryl methyl sites for hydroxylation is 1. The van der Waals surface area contributed by atoms with Gasteiger partial charge in [0.15, 0.2) is 5.60 Å². The molecule has 212 valence electrons. The van der Waals surface area contributed by atoms with E-state index in [0.29, 0.717) is 35.7 Å². The number of anilines is 1. The maximum Gasteiger partial charge on any atom is 0.294 e. The Morgan fingerprint density at radius 2 is 1.77 bits per heavy atom. The molecule has 1 aliphatic rings. The monoisotopic (exact) mass is 586 g/mol. The van der Waals surface area contributed by atoms with Crippen LogP contribution < -0.4 is 15.8 Å². The van der Waals surface area contributed by atoms with Gasteiger partial charge in [0.2, 0.25) is 15.9 Å². The van der Waals surface area contributed by atoms with E-state index in [1.165, 1.54) is 34.7 Å². The first-order chi connectivity index (χ1) is 19.0. The molecule has 1 saturated heterocycles. The van der Waals surface area contributed by atoms with Crippen molar-refractivity contribution in [2.24, 2.45) is 5.14 Å². The maximum absolute atomic E-state index is 12.7. The van der Waals surface area contributed by atoms with Gasteiger partial charge in [-0.05, 0) is 49.4 Å². The minimum Gasteiger partial charge on any atom is -0.454 e. The number of sulfonamides is 1. The molecule has 0 aliphatic carbocycles. The van der Waals surface area contributed by atoms with E-state index in [0.717, 1.165) is 0 Å². The van der Waals surface area contributed by atoms with Crippen molar-refractivity contribution in [2.75, 3.05) is 32.0 Å². The second-order valence-electron chi connectivity index (χ2n) is 9.12. The van der Waals surface area contributed by atoms with Crippen LogP contribution in [0.25, 0.3) is 0 Å². The van der Waals surface area contributed by atoms with Gasteiger partial charge in [-0.1, -0.05) is 47.5 Å². The predicted molar refractivity (Wildman–Crippen MR) is 152 cm³/mol. The predicted octanol–water partition coefficient (Wildman–Crippen LogP) is 3.05. The maximum atomic E-state index is 12.7. The first kappa shape index (κ1) is 30.6. The highest BCUT2D eigenvalue weighted by Gasteiger charge is 2.44. The number of carbonyl (C=O) groups is 3. The van der Waals surface area contributed by atoms with Gasteiger partial charge in [0, 0.05) is 41.9 Å². The molecule has 12 heteroatoms. The van der Waals surface area contributed by atoms with Crippen LogP contribution in [0.4, 0.5) is 5.69 Å². The fraction of sp³-hybridized carbons (Fsp3) is 0.250. The number of halogens is 1. The summed E-state index contributed by atoms with van der Waals surface area (Å²) in [6.45, 7) is 2.54. The molecular weight excluding hydrogens is 556 g/mol. The van der Waals surface area contributed by atoms with Crippen LogP contribution in [0.5, 0.6) is 0 Å². The third-order valence-corrected chi connectivity index (χ3v) is 7.55. The standard InChI is InChI=1S/C21H23ClN4O6S.C7H8/c1-24-18-7-4-15(22)10-17(18)21(32-13-27)8-9-26(12-21)19(28)11-25-20(29)14-2-5-16(6-3-14)33(23,30)31;1-7-5-3-2-4-6-7/h2-7,10,13,24H,8-9,11-12H2,1H3,(H,25,29)(H2,23,30,31);2-6H,1H3. The molecule has 3 aromatic carbocycles. The number of likely N-dealkylation sites (tertiary alicyclic amines) is 1. The van der Waals surface area contributed by atoms with E-state index < -0.39 is 21.5 Å². The molecule has 10 nitrogen and oxygen atoms in total. The fourth-order valence-electron chi connectivity index (χ4n) is 4.28. The zero-order chi connectivity index (χ0) is 29.3. The second kappa shape index (κ2) is 13.4. The van der Waals surface area contributed by atoms with Crippen molar-refractivity contribution in [2.45, 2.75) is 23.8 Å². The summed E-state index contributed by atoms with van der Waals surface area (Å²) in [5.74, 6) is -0.917. The molecule has 4 N–H and O–H groups in total. The summed E-state index contributed by atoms with van der Waals surface area (Å²) in [4.78, 5) is 37.7. The van der Waals surface area contributed by atoms with Crippen molar-refractivity contribution >= 4 is 45.6 Å². The van der Waals surface area contributed by atoms with Crippen LogP contribution in [-0.2, 0) is 30.0 Å². The summed E-state index contributed by atoms with van der Waals surface area (Å²) >= 11 is 6.15. The summed E-state index contributed by atoms with van der Waals surface area (Å²) in [6, 6.07) is 20.4. The molecule has 0 aromatic heterocycles. The van der Waals surface area contributed by atoms with Gasteiger partial charge >= 0.3 is 0 Å². The Balaban J connectivity index is 0.000000547. The minimum absolute atomic E-state index is 0.0958. The summed E-state index contributed by atoms with van der Waals surface area (Å²) < 4.78 is 28.1. The largest absolute Gasteiger partial charge is 0.454 e. The van der Waals surface area contributed by atoms with Gasteiger partial charge in [0.1, 0.15) is 0 Å². The Morgan fingerprint density at radius 3 is 2.33 bits per heavy atom. The summed E-state index contributed by atoms with van der Waals surface area (Å²) in [5.41, 5.74) is 1.79. The number of rotatable bonds is 8. The molecule has 1 aliphatic heterocycles. The fourth-order valence-corrected chi connectivity index (χ4v) is 4.97. The van der Waals surface area contributed by atoms with Crippen molar-refractivity contribution in [3.05, 3.63) is 94.5 Å². The summed E-state index contributed by atoms with van der Waals surface area (Å²) in [7, 11) is -2.14. The molecule has 1 unspecified atom stereocenters. The van der Waals surface area contributed by atoms with Gasteiger partial charge in [-0.3, -0.25) is 14.4 Å². The number of primary sulfonamides is 1. The average Bonchev–Trinajstić information content (AvgIpc) is 3.37. The van der Waals surface area contributed by atoms with Crippen LogP contribution in [0.1, 0.15) is 27.9 Å². The number of ether oxygens (including phenoxy) is 1. The van der Waals surface area contributed by atoms with Crippen LogP contribution >= 0.6 is 11.6 Å². The normalized spacial score (nSPS) is 16.4. The molecular formula is C28H31ClN4O6S. The van der Waals surface area contributed by atoms with E-state index >= 15 is 0 Å². The van der Waals surface area contributed by atoms with Crippen LogP contribution in [0.3, 0.4) is 0 Å². The molecule has 1 atom stereocenters. The van der Waals surface area contributed by atoms with E-state index in [1.807, 2.05) is 18.2 Å². The van der Waals surface area contributed by atoms with Crippen LogP contribution in [0.2, 0.25) is 5.02 Å². The van der Waals surface area contributed by atoms with Crippen molar-refractivity contribution < 1.29 is 27.5 Å². The summed E-state index contributed by atoms with van der Waals surface area (Å²) in [5, 5.41) is 11.1. The van der Waals surface area contributed by atoms with Gasteiger partial charge in [-0.2, -0.15) is 0 Å². The highest BCUT2D eigenvalue weighted by atomic mass is 35.5. The smallest absolute Gasteiger partial charge is 0.294 e. The van der Waals surface area contributed by atoms with E-state index in [-0.39, 0.29) is 29.5 Å². The number of nitrogens with one attached hydrogen (secondary N) is 2. The van der Waals surface area contributed by atoms with E-state index in [4.69, 9.17) is 21.5 Å². The lowest BCUT2D eigenvalue weighted by Crippen LogP contribution is -2.41. The molecule has 0 radical (unpaired) electrons. The quantitative estimate of drug-likeness (QED) is 0.344. The molecule has 3 aromatic rings. The van der Waals surface area contributed by atoms with Crippen molar-refractivity contribution in [1.29, 1.82) is 0 Å². The number of amides is 2. The Morgan fingerprint density at radius 1 is 1.10 bits per heavy atom. The van der Waals surface area contributed by atoms with Crippen LogP contribution in [0.15, 0.2) is 77.7 Å². The molecule has 0 spiro atoms. The first-order valence-corrected chi connectivity index (χ1v) is 14.2. The third kappa shape index (κ3) is 7.81. The number of benzene rings is 3. The topological polar surface area (TPSA) is 148 Å². The van der Waals surface area contributed by atoms with Crippen LogP contribution in [0, 0.1) is 6.92 Å². The lowest BCUT2D eigenvalue weighted by Gasteiger charge is -2.30. The highest BCUT2D eigenvalue weighted by Crippen LogP contribution is 2.40. The zero-order valence-corrected chi connectivity index (χ0v) is 23.7. The molecule has 40 heavy (non-hydrogen) atoms. The van der Waals surface area contributed by atoms with E-state index in [2.05, 4.69) is 29.7 Å². The Labute approximate surface area is 238 Å². The lowest BCUT2D eigenvalue weighted by atomic mass is 9.91. The second-order valence-corrected chi connectivity index (χ2v) is 11.1. The van der Waals surface area contributed by atoms with E-state index in [9.17, 15) is 22.8 Å². The van der Waals surface area contributed by atoms with Gasteiger partial charge in [-0.15, -0.1) is 0 Å². The zero-order valence-electron chi connectivity index (χ0n) is 22.1. The number of nitrogens with zero attached hydrogens (tertiary/aromatic N) is 1. The van der Waals surface area contributed by atoms with Gasteiger partial charge in [0.05, 0.1) is 18.0 Å². The Bertz CT molecular complexity index is 1450. The molecule has 0 saturated carbocycles. The third-order valence-electron chi connectivity index (χ3n) is 6.39. The number of carbonyl (C=O) groups excluding carboxylic acids is 3. The average molecular weight is 587 g/mol. The number of nitrogens with two attached hydrogens (primary N) is 1. The van der Waals surface area contributed by atoms with E-state index in [1.54, 1.807) is 25.2 Å². The number of hydrogen-bond donors (Lipinski definition) is 3. The van der Waals surface area contributed by atoms with Gasteiger partial charge in [-0.25, -0.2) is 13.6 Å². The lowest BCUT2D eigenvalue weighted by molar-refractivity contribution is -0.145. The van der Waals surface area contributed by atoms with Gasteiger partial charge < -0.3 is 20.3 Å². The Hall–Kier alpha value is -3.93. The molecule has 4 rings (SSSR count). The highest BCUT2D eigenvalue weighted by molar-refractivity contribution is 7.89. The number of hydrogen-bond acceptors (Lipinski definition) is 7. The molecule has 1 fully saturated rings. The van der Waals surface area contributed by atoms with Crippen molar-refractivity contribution in [3.8, 4) is 0 Å². The Kier molecular flexibility index (Phi) is 10.3. The van der Waals surface area contributed by atoms with Crippen LogP contribution in [-0.4, -0.2) is 58.3 Å². The minimum atomic E-state index is -3.87. The van der Waals surface area contributed by atoms with Crippen molar-refractivity contribution in [3.63, 3.8) is 0 Å².